The lowest BCUT2D eigenvalue weighted by molar-refractivity contribution is -0.120. The van der Waals surface area contributed by atoms with E-state index in [1.54, 1.807) is 12.1 Å². The van der Waals surface area contributed by atoms with E-state index in [-0.39, 0.29) is 34.1 Å². The van der Waals surface area contributed by atoms with Gasteiger partial charge in [0.2, 0.25) is 0 Å². The van der Waals surface area contributed by atoms with Crippen molar-refractivity contribution in [3.63, 3.8) is 0 Å². The average Bonchev–Trinajstić information content (AvgIpc) is 3.67. The number of nitrogens with one attached hydrogen (secondary N) is 1. The third-order valence-electron chi connectivity index (χ3n) is 12.9. The molecule has 2 aromatic carbocycles. The summed E-state index contributed by atoms with van der Waals surface area (Å²) >= 11 is 6.03. The van der Waals surface area contributed by atoms with Gasteiger partial charge in [0.1, 0.15) is 10.7 Å². The number of fused-ring (bicyclic) bond motifs is 5. The first-order valence-electron chi connectivity index (χ1n) is 19.3. The van der Waals surface area contributed by atoms with E-state index in [2.05, 4.69) is 33.0 Å². The second-order valence-corrected chi connectivity index (χ2v) is 18.0. The fourth-order valence-electron chi connectivity index (χ4n) is 10.7. The summed E-state index contributed by atoms with van der Waals surface area (Å²) in [4.78, 5) is 26.7. The van der Waals surface area contributed by atoms with Gasteiger partial charge in [-0.2, -0.15) is 8.42 Å². The van der Waals surface area contributed by atoms with Crippen LogP contribution < -0.4 is 4.18 Å². The van der Waals surface area contributed by atoms with Crippen LogP contribution in [0, 0.1) is 11.3 Å². The summed E-state index contributed by atoms with van der Waals surface area (Å²) in [5.74, 6) is 0.712. The van der Waals surface area contributed by atoms with Crippen LogP contribution in [0.5, 0.6) is 5.75 Å². The summed E-state index contributed by atoms with van der Waals surface area (Å²) in [6.45, 7) is 3.78. The number of benzene rings is 2. The molecule has 0 saturated carbocycles. The van der Waals surface area contributed by atoms with E-state index in [9.17, 15) is 18.3 Å². The predicted molar refractivity (Wildman–Crippen MR) is 207 cm³/mol. The van der Waals surface area contributed by atoms with Gasteiger partial charge in [-0.25, -0.2) is 0 Å². The van der Waals surface area contributed by atoms with Gasteiger partial charge in [0.15, 0.2) is 5.75 Å². The smallest absolute Gasteiger partial charge is 0.339 e. The quantitative estimate of drug-likeness (QED) is 0.161. The van der Waals surface area contributed by atoms with Crippen molar-refractivity contribution in [1.82, 2.24) is 19.8 Å². The van der Waals surface area contributed by atoms with E-state index in [1.165, 1.54) is 24.3 Å². The number of carbonyl (C=O) groups is 1. The van der Waals surface area contributed by atoms with Gasteiger partial charge in [-0.3, -0.25) is 14.7 Å². The van der Waals surface area contributed by atoms with Crippen LogP contribution in [0.1, 0.15) is 76.3 Å². The number of aromatic amines is 1. The number of H-pyrrole nitrogens is 1. The van der Waals surface area contributed by atoms with Gasteiger partial charge in [0.05, 0.1) is 22.3 Å². The lowest BCUT2D eigenvalue weighted by Gasteiger charge is -2.58. The van der Waals surface area contributed by atoms with Crippen LogP contribution in [0.15, 0.2) is 77.9 Å². The third-order valence-corrected chi connectivity index (χ3v) is 14.4. The number of allylic oxidation sites excluding steroid dienone is 3. The Kier molecular flexibility index (Phi) is 9.05. The fraction of sp³-hybridized carbons (Fsp3) is 0.476. The molecular weight excluding hydrogens is 708 g/mol. The molecule has 3 fully saturated rings. The van der Waals surface area contributed by atoms with Crippen LogP contribution >= 0.6 is 11.6 Å². The summed E-state index contributed by atoms with van der Waals surface area (Å²) < 4.78 is 32.6. The number of hydrogen-bond donors (Lipinski definition) is 2. The first kappa shape index (κ1) is 35.2. The van der Waals surface area contributed by atoms with Gasteiger partial charge in [-0.05, 0) is 131 Å². The van der Waals surface area contributed by atoms with Gasteiger partial charge < -0.3 is 19.2 Å². The zero-order valence-corrected chi connectivity index (χ0v) is 31.5. The Bertz CT molecular complexity index is 2230. The topological polar surface area (TPSA) is 116 Å². The Morgan fingerprint density at radius 3 is 2.62 bits per heavy atom. The summed E-state index contributed by atoms with van der Waals surface area (Å²) in [5, 5.41) is 15.5. The van der Waals surface area contributed by atoms with Crippen molar-refractivity contribution in [1.29, 1.82) is 0 Å². The molecule has 11 heteroatoms. The lowest BCUT2D eigenvalue weighted by atomic mass is 9.54. The number of carbonyl (C=O) groups excluding carboxylic acids is 1. The van der Waals surface area contributed by atoms with Crippen LogP contribution in [0.3, 0.4) is 0 Å². The molecule has 0 amide bonds. The number of Topliss-reactive ketones (excluding diaryl/α,β-unsaturated/α-hetero) is 1. The molecule has 1 spiro atoms. The largest absolute Gasteiger partial charge is 0.384 e. The van der Waals surface area contributed by atoms with Crippen LogP contribution in [-0.4, -0.2) is 82.9 Å². The Labute approximate surface area is 316 Å². The van der Waals surface area contributed by atoms with Gasteiger partial charge in [0, 0.05) is 58.9 Å². The molecule has 1 aliphatic carbocycles. The van der Waals surface area contributed by atoms with E-state index < -0.39 is 15.7 Å². The van der Waals surface area contributed by atoms with Gasteiger partial charge >= 0.3 is 10.1 Å². The number of para-hydroxylation sites is 1. The van der Waals surface area contributed by atoms with Crippen molar-refractivity contribution in [2.45, 2.75) is 93.2 Å². The third kappa shape index (κ3) is 6.15. The summed E-state index contributed by atoms with van der Waals surface area (Å²) in [6.07, 6.45) is 18.1. The zero-order chi connectivity index (χ0) is 36.4. The molecular formula is C42H47ClN4O5S. The lowest BCUT2D eigenvalue weighted by Crippen LogP contribution is -2.65. The maximum absolute atomic E-state index is 13.4. The molecule has 0 radical (unpaired) electrons. The van der Waals surface area contributed by atoms with Gasteiger partial charge in [-0.15, -0.1) is 0 Å². The number of rotatable bonds is 4. The van der Waals surface area contributed by atoms with Gasteiger partial charge in [0.25, 0.3) is 0 Å². The number of ketones is 1. The first-order chi connectivity index (χ1) is 25.7. The number of aliphatic hydroxyl groups is 1. The Morgan fingerprint density at radius 2 is 1.75 bits per heavy atom. The van der Waals surface area contributed by atoms with Crippen molar-refractivity contribution in [3.05, 3.63) is 83.7 Å². The molecule has 4 aliphatic heterocycles. The molecule has 3 saturated heterocycles. The standard InChI is InChI=1S/C42H47ClN4O5S/c43-28-12-16-31(17-13-28)53(50,51)52-36-11-7-10-32-33-18-21-44-38(39(33)45-37(32)36)34-26-42(49)20-5-3-1-2-4-6-22-46-24-19-35(34)41(27-46)25-29-14-15-30(48)9-8-23-47(29)40(41)42/h1,3,7,10-13,16-18,21,26,29,35,40,45,49H,2,4-6,8-9,14-15,19-20,22-25,27H2. The predicted octanol–water partition coefficient (Wildman–Crippen LogP) is 7.68. The minimum atomic E-state index is -4.14. The Morgan fingerprint density at radius 1 is 0.925 bits per heavy atom. The SMILES string of the molecule is O=C1CCCN2C(CC1)CC13CN4CCCCC=CCCC(O)(C=C(c5nccc6c5[nH]c5c(OS(=O)(=O)c7ccc(Cl)cc7)cccc56)C1CC4)C23. The number of hydrogen-bond acceptors (Lipinski definition) is 8. The van der Waals surface area contributed by atoms with Crippen molar-refractivity contribution >= 4 is 54.9 Å². The maximum atomic E-state index is 13.4. The highest BCUT2D eigenvalue weighted by atomic mass is 35.5. The van der Waals surface area contributed by atoms with Crippen LogP contribution in [0.2, 0.25) is 5.02 Å². The molecule has 6 heterocycles. The molecule has 2 aromatic heterocycles. The van der Waals surface area contributed by atoms with Crippen LogP contribution in [0.4, 0.5) is 0 Å². The maximum Gasteiger partial charge on any atom is 0.339 e. The van der Waals surface area contributed by atoms with Crippen molar-refractivity contribution < 1.29 is 22.5 Å². The molecule has 6 atom stereocenters. The monoisotopic (exact) mass is 754 g/mol. The molecule has 9 nitrogen and oxygen atoms in total. The molecule has 2 N–H and O–H groups in total. The average molecular weight is 755 g/mol. The molecule has 278 valence electrons. The summed E-state index contributed by atoms with van der Waals surface area (Å²) in [7, 11) is -4.14. The van der Waals surface area contributed by atoms with Crippen molar-refractivity contribution in [2.75, 3.05) is 26.2 Å². The second kappa shape index (κ2) is 13.6. The van der Waals surface area contributed by atoms with Crippen LogP contribution in [0.25, 0.3) is 27.4 Å². The first-order valence-corrected chi connectivity index (χ1v) is 21.1. The minimum Gasteiger partial charge on any atom is -0.384 e. The molecule has 5 aliphatic rings. The van der Waals surface area contributed by atoms with Crippen molar-refractivity contribution in [2.24, 2.45) is 11.3 Å². The summed E-state index contributed by atoms with van der Waals surface area (Å²) in [5.41, 5.74) is 1.92. The minimum absolute atomic E-state index is 0.0177. The number of piperidine rings is 1. The highest BCUT2D eigenvalue weighted by Crippen LogP contribution is 2.62. The molecule has 3 bridgehead atoms. The highest BCUT2D eigenvalue weighted by molar-refractivity contribution is 7.87. The fourth-order valence-corrected chi connectivity index (χ4v) is 11.8. The van der Waals surface area contributed by atoms with Gasteiger partial charge in [-0.1, -0.05) is 35.9 Å². The van der Waals surface area contributed by atoms with Crippen LogP contribution in [-0.2, 0) is 14.9 Å². The van der Waals surface area contributed by atoms with E-state index in [4.69, 9.17) is 20.8 Å². The number of aromatic nitrogens is 2. The number of pyridine rings is 1. The molecule has 9 rings (SSSR count). The molecule has 4 aromatic rings. The van der Waals surface area contributed by atoms with E-state index in [1.807, 2.05) is 18.3 Å². The number of halogens is 1. The second-order valence-electron chi connectivity index (χ2n) is 16.0. The molecule has 53 heavy (non-hydrogen) atoms. The highest BCUT2D eigenvalue weighted by Gasteiger charge is 2.66. The van der Waals surface area contributed by atoms with E-state index in [0.29, 0.717) is 35.6 Å². The Hall–Kier alpha value is -3.54. The zero-order valence-electron chi connectivity index (χ0n) is 30.0. The Balaban J connectivity index is 1.19. The number of nitrogens with zero attached hydrogens (tertiary/aromatic N) is 3. The normalized spacial score (nSPS) is 31.1. The van der Waals surface area contributed by atoms with E-state index in [0.717, 1.165) is 105 Å². The van der Waals surface area contributed by atoms with E-state index >= 15 is 0 Å². The summed E-state index contributed by atoms with van der Waals surface area (Å²) in [6, 6.07) is 13.5. The van der Waals surface area contributed by atoms with Crippen molar-refractivity contribution in [3.8, 4) is 5.75 Å². The molecule has 6 unspecified atom stereocenters.